The summed E-state index contributed by atoms with van der Waals surface area (Å²) in [6.45, 7) is 4.84. The van der Waals surface area contributed by atoms with Gasteiger partial charge in [-0.25, -0.2) is 0 Å². The first-order valence-corrected chi connectivity index (χ1v) is 11.7. The molecule has 4 nitrogen and oxygen atoms in total. The molecule has 2 saturated carbocycles. The van der Waals surface area contributed by atoms with Gasteiger partial charge in [0.15, 0.2) is 0 Å². The van der Waals surface area contributed by atoms with Crippen molar-refractivity contribution in [2.24, 2.45) is 0 Å². The van der Waals surface area contributed by atoms with E-state index in [1.165, 1.54) is 0 Å². The highest BCUT2D eigenvalue weighted by atomic mass is 28.3. The largest absolute Gasteiger partial charge is 0.470 e. The van der Waals surface area contributed by atoms with Gasteiger partial charge in [0.1, 0.15) is 0 Å². The van der Waals surface area contributed by atoms with Gasteiger partial charge in [0.2, 0.25) is 0 Å². The molecule has 0 aromatic rings. The summed E-state index contributed by atoms with van der Waals surface area (Å²) in [5, 5.41) is 0. The van der Waals surface area contributed by atoms with Gasteiger partial charge in [-0.3, -0.25) is 9.59 Å². The monoisotopic (exact) mass is 340 g/mol. The molecule has 23 heavy (non-hydrogen) atoms. The summed E-state index contributed by atoms with van der Waals surface area (Å²) in [7, 11) is -2.93. The molecular formula is C18H32O4Si. The SMILES string of the molecule is CCCOC(=O)[Si](C(=O)OCCC)(C1CCCC1)C1CCCC1. The van der Waals surface area contributed by atoms with Crippen LogP contribution in [0.3, 0.4) is 0 Å². The summed E-state index contributed by atoms with van der Waals surface area (Å²) in [6, 6.07) is 0. The van der Waals surface area contributed by atoms with Crippen LogP contribution in [0, 0.1) is 0 Å². The second kappa shape index (κ2) is 8.86. The van der Waals surface area contributed by atoms with Crippen LogP contribution in [0.25, 0.3) is 0 Å². The number of carbonyl (C=O) groups is 2. The first-order valence-electron chi connectivity index (χ1n) is 9.52. The summed E-state index contributed by atoms with van der Waals surface area (Å²) < 4.78 is 11.2. The summed E-state index contributed by atoms with van der Waals surface area (Å²) >= 11 is 0. The van der Waals surface area contributed by atoms with Crippen molar-refractivity contribution in [1.82, 2.24) is 0 Å². The Bertz CT molecular complexity index is 360. The van der Waals surface area contributed by atoms with Crippen molar-refractivity contribution >= 4 is 19.3 Å². The Balaban J connectivity index is 2.34. The van der Waals surface area contributed by atoms with Gasteiger partial charge in [-0.2, -0.15) is 0 Å². The zero-order valence-electron chi connectivity index (χ0n) is 14.8. The molecule has 0 N–H and O–H groups in total. The second-order valence-electron chi connectivity index (χ2n) is 7.10. The van der Waals surface area contributed by atoms with Crippen molar-refractivity contribution in [3.8, 4) is 0 Å². The van der Waals surface area contributed by atoms with Crippen molar-refractivity contribution in [2.45, 2.75) is 89.1 Å². The first kappa shape index (κ1) is 18.5. The maximum atomic E-state index is 13.1. The maximum absolute atomic E-state index is 13.1. The third kappa shape index (κ3) is 3.81. The Hall–Kier alpha value is -0.843. The van der Waals surface area contributed by atoms with Crippen molar-refractivity contribution in [3.05, 3.63) is 0 Å². The smallest absolute Gasteiger partial charge is 0.317 e. The standard InChI is InChI=1S/C18H32O4Si/c1-3-13-21-17(19)23(15-9-5-6-10-15,16-11-7-8-12-16)18(20)22-14-4-2/h15-16H,3-14H2,1-2H3. The third-order valence-corrected chi connectivity index (χ3v) is 10.9. The molecule has 0 amide bonds. The van der Waals surface area contributed by atoms with Crippen LogP contribution in [-0.4, -0.2) is 32.5 Å². The predicted molar refractivity (Wildman–Crippen MR) is 93.5 cm³/mol. The van der Waals surface area contributed by atoms with Crippen LogP contribution in [0.4, 0.5) is 9.59 Å². The van der Waals surface area contributed by atoms with Gasteiger partial charge in [0.25, 0.3) is 11.2 Å². The van der Waals surface area contributed by atoms with Crippen LogP contribution >= 0.6 is 0 Å². The maximum Gasteiger partial charge on any atom is 0.317 e. The fraction of sp³-hybridized carbons (Fsp3) is 0.889. The molecule has 0 spiro atoms. The lowest BCUT2D eigenvalue weighted by atomic mass is 10.3. The van der Waals surface area contributed by atoms with Crippen LogP contribution in [0.2, 0.25) is 11.1 Å². The summed E-state index contributed by atoms with van der Waals surface area (Å²) in [5.74, 6) is 0. The van der Waals surface area contributed by atoms with E-state index in [-0.39, 0.29) is 22.3 Å². The Kier molecular flexibility index (Phi) is 7.12. The molecule has 0 saturated heterocycles. The highest BCUT2D eigenvalue weighted by molar-refractivity contribution is 7.25. The highest BCUT2D eigenvalue weighted by Gasteiger charge is 2.63. The molecule has 0 aromatic heterocycles. The van der Waals surface area contributed by atoms with Crippen LogP contribution in [0.1, 0.15) is 78.1 Å². The van der Waals surface area contributed by atoms with E-state index in [4.69, 9.17) is 9.47 Å². The van der Waals surface area contributed by atoms with E-state index in [0.717, 1.165) is 64.2 Å². The van der Waals surface area contributed by atoms with Crippen molar-refractivity contribution in [3.63, 3.8) is 0 Å². The molecule has 0 radical (unpaired) electrons. The minimum Gasteiger partial charge on any atom is -0.470 e. The van der Waals surface area contributed by atoms with Crippen molar-refractivity contribution < 1.29 is 19.1 Å². The summed E-state index contributed by atoms with van der Waals surface area (Å²) in [6.07, 6.45) is 10.2. The number of rotatable bonds is 8. The van der Waals surface area contributed by atoms with E-state index >= 15 is 0 Å². The van der Waals surface area contributed by atoms with E-state index in [1.54, 1.807) is 0 Å². The molecule has 0 bridgehead atoms. The van der Waals surface area contributed by atoms with Gasteiger partial charge >= 0.3 is 8.07 Å². The van der Waals surface area contributed by atoms with E-state index in [9.17, 15) is 9.59 Å². The fourth-order valence-electron chi connectivity index (χ4n) is 4.47. The zero-order valence-corrected chi connectivity index (χ0v) is 15.8. The molecule has 0 atom stereocenters. The number of ether oxygens (including phenoxy) is 2. The normalized spacial score (nSPS) is 19.9. The van der Waals surface area contributed by atoms with E-state index in [0.29, 0.717) is 13.2 Å². The van der Waals surface area contributed by atoms with Crippen LogP contribution in [-0.2, 0) is 9.47 Å². The minimum absolute atomic E-state index is 0.167. The van der Waals surface area contributed by atoms with E-state index < -0.39 is 8.07 Å². The van der Waals surface area contributed by atoms with E-state index in [1.807, 2.05) is 13.8 Å². The highest BCUT2D eigenvalue weighted by Crippen LogP contribution is 2.51. The molecule has 2 fully saturated rings. The fourth-order valence-corrected chi connectivity index (χ4v) is 9.96. The molecule has 0 aromatic carbocycles. The molecular weight excluding hydrogens is 308 g/mol. The van der Waals surface area contributed by atoms with Crippen molar-refractivity contribution in [1.29, 1.82) is 0 Å². The minimum atomic E-state index is -2.93. The van der Waals surface area contributed by atoms with E-state index in [2.05, 4.69) is 0 Å². The lowest BCUT2D eigenvalue weighted by Crippen LogP contribution is -2.59. The summed E-state index contributed by atoms with van der Waals surface area (Å²) in [5.41, 5.74) is 0.136. The third-order valence-electron chi connectivity index (χ3n) is 5.55. The lowest BCUT2D eigenvalue weighted by Gasteiger charge is -2.36. The summed E-state index contributed by atoms with van der Waals surface area (Å²) in [4.78, 5) is 26.3. The van der Waals surface area contributed by atoms with Gasteiger partial charge in [-0.15, -0.1) is 0 Å². The predicted octanol–water partition coefficient (Wildman–Crippen LogP) is 5.58. The van der Waals surface area contributed by atoms with Crippen LogP contribution in [0.5, 0.6) is 0 Å². The zero-order chi connectivity index (χ0) is 16.7. The number of hydrogen-bond acceptors (Lipinski definition) is 4. The lowest BCUT2D eigenvalue weighted by molar-refractivity contribution is 0.158. The van der Waals surface area contributed by atoms with Crippen molar-refractivity contribution in [2.75, 3.05) is 13.2 Å². The first-order chi connectivity index (χ1) is 11.2. The Labute approximate surface area is 141 Å². The Morgan fingerprint density at radius 3 is 1.43 bits per heavy atom. The number of hydrogen-bond donors (Lipinski definition) is 0. The molecule has 0 unspecified atom stereocenters. The average molecular weight is 341 g/mol. The van der Waals surface area contributed by atoms with Gasteiger partial charge in [-0.1, -0.05) is 65.2 Å². The molecule has 5 heteroatoms. The molecule has 0 heterocycles. The molecule has 0 aliphatic heterocycles. The topological polar surface area (TPSA) is 52.6 Å². The van der Waals surface area contributed by atoms with Gasteiger partial charge in [0.05, 0.1) is 13.2 Å². The van der Waals surface area contributed by atoms with Crippen LogP contribution < -0.4 is 0 Å². The molecule has 2 aliphatic rings. The second-order valence-corrected chi connectivity index (χ2v) is 11.3. The molecule has 2 aliphatic carbocycles. The molecule has 2 rings (SSSR count). The Morgan fingerprint density at radius 1 is 0.783 bits per heavy atom. The van der Waals surface area contributed by atoms with Gasteiger partial charge in [-0.05, 0) is 23.9 Å². The van der Waals surface area contributed by atoms with Gasteiger partial charge < -0.3 is 9.47 Å². The van der Waals surface area contributed by atoms with Gasteiger partial charge in [0, 0.05) is 0 Å². The quantitative estimate of drug-likeness (QED) is 0.541. The van der Waals surface area contributed by atoms with Crippen LogP contribution in [0.15, 0.2) is 0 Å². The molecule has 132 valence electrons. The Morgan fingerprint density at radius 2 is 1.13 bits per heavy atom. The average Bonchev–Trinajstić information content (AvgIpc) is 3.25. The number of carbonyl (C=O) groups excluding carboxylic acids is 2.